The van der Waals surface area contributed by atoms with E-state index in [1.807, 2.05) is 31.2 Å². The number of carbonyl (C=O) groups is 2. The fourth-order valence-corrected chi connectivity index (χ4v) is 2.35. The number of benzene rings is 2. The summed E-state index contributed by atoms with van der Waals surface area (Å²) in [7, 11) is 0. The number of allylic oxidation sites excluding steroid dienone is 1. The second-order valence-electron chi connectivity index (χ2n) is 6.06. The van der Waals surface area contributed by atoms with Crippen LogP contribution in [0.25, 0.3) is 0 Å². The van der Waals surface area contributed by atoms with Crippen LogP contribution in [0.3, 0.4) is 0 Å². The first-order valence-corrected chi connectivity index (χ1v) is 8.59. The first-order valence-electron chi connectivity index (χ1n) is 8.59. The Hall–Kier alpha value is -3.41. The molecule has 0 fully saturated rings. The number of nitrogens with zero attached hydrogens (tertiary/aromatic N) is 1. The first-order chi connectivity index (χ1) is 13.0. The van der Waals surface area contributed by atoms with Crippen molar-refractivity contribution in [3.8, 4) is 5.75 Å². The zero-order valence-corrected chi connectivity index (χ0v) is 15.2. The molecule has 0 aliphatic heterocycles. The number of carbonyl (C=O) groups excluding carboxylic acids is 2. The molecule has 0 saturated carbocycles. The van der Waals surface area contributed by atoms with Crippen LogP contribution in [0.4, 0.5) is 5.69 Å². The normalized spacial score (nSPS) is 10.6. The van der Waals surface area contributed by atoms with Crippen LogP contribution < -0.4 is 10.7 Å². The number of aryl methyl sites for hydroxylation is 1. The van der Waals surface area contributed by atoms with Crippen molar-refractivity contribution in [2.75, 3.05) is 5.32 Å². The summed E-state index contributed by atoms with van der Waals surface area (Å²) in [5, 5.41) is 16.7. The van der Waals surface area contributed by atoms with E-state index in [4.69, 9.17) is 0 Å². The number of hydrogen-bond donors (Lipinski definition) is 3. The maximum atomic E-state index is 11.9. The number of phenols is 1. The van der Waals surface area contributed by atoms with E-state index < -0.39 is 0 Å². The smallest absolute Gasteiger partial charge is 0.240 e. The number of amides is 2. The maximum absolute atomic E-state index is 11.9. The first kappa shape index (κ1) is 19.9. The minimum absolute atomic E-state index is 0.0114. The molecule has 2 rings (SSSR count). The average Bonchev–Trinajstić information content (AvgIpc) is 2.65. The van der Waals surface area contributed by atoms with Gasteiger partial charge in [-0.05, 0) is 37.1 Å². The minimum atomic E-state index is -0.382. The summed E-state index contributed by atoms with van der Waals surface area (Å²) >= 11 is 0. The lowest BCUT2D eigenvalue weighted by atomic mass is 10.1. The second kappa shape index (κ2) is 9.91. The molecule has 0 radical (unpaired) electrons. The standard InChI is InChI=1S/C21H23N3O3/c1-3-5-16-6-4-7-17(21(16)27)14-22-24-20(26)13-12-19(25)23-18-10-8-15(2)9-11-18/h3-4,6-11,14,27H,1,5,12-13H2,2H3,(H,23,25)(H,24,26)/b22-14-. The number of aromatic hydroxyl groups is 1. The average molecular weight is 365 g/mol. The molecule has 0 spiro atoms. The van der Waals surface area contributed by atoms with Gasteiger partial charge in [0.15, 0.2) is 0 Å². The Kier molecular flexibility index (Phi) is 7.31. The van der Waals surface area contributed by atoms with Crippen LogP contribution in [0.15, 0.2) is 60.2 Å². The second-order valence-corrected chi connectivity index (χ2v) is 6.06. The van der Waals surface area contributed by atoms with Gasteiger partial charge in [0.05, 0.1) is 6.21 Å². The molecule has 0 aromatic heterocycles. The summed E-state index contributed by atoms with van der Waals surface area (Å²) < 4.78 is 0. The summed E-state index contributed by atoms with van der Waals surface area (Å²) in [6.45, 7) is 5.61. The predicted octanol–water partition coefficient (Wildman–Crippen LogP) is 3.30. The van der Waals surface area contributed by atoms with Crippen LogP contribution in [-0.2, 0) is 16.0 Å². The molecule has 2 aromatic carbocycles. The maximum Gasteiger partial charge on any atom is 0.240 e. The van der Waals surface area contributed by atoms with E-state index in [9.17, 15) is 14.7 Å². The highest BCUT2D eigenvalue weighted by molar-refractivity contribution is 5.93. The lowest BCUT2D eigenvalue weighted by Gasteiger charge is -2.06. The van der Waals surface area contributed by atoms with Gasteiger partial charge >= 0.3 is 0 Å². The minimum Gasteiger partial charge on any atom is -0.507 e. The molecule has 0 heterocycles. The monoisotopic (exact) mass is 365 g/mol. The fraction of sp³-hybridized carbons (Fsp3) is 0.190. The summed E-state index contributed by atoms with van der Waals surface area (Å²) in [6.07, 6.45) is 3.66. The zero-order chi connectivity index (χ0) is 19.6. The fourth-order valence-electron chi connectivity index (χ4n) is 2.35. The van der Waals surface area contributed by atoms with Gasteiger partial charge < -0.3 is 10.4 Å². The zero-order valence-electron chi connectivity index (χ0n) is 15.2. The third-order valence-corrected chi connectivity index (χ3v) is 3.82. The molecule has 6 nitrogen and oxygen atoms in total. The van der Waals surface area contributed by atoms with Crippen LogP contribution in [0.1, 0.15) is 29.5 Å². The van der Waals surface area contributed by atoms with Gasteiger partial charge in [0.2, 0.25) is 11.8 Å². The van der Waals surface area contributed by atoms with E-state index in [-0.39, 0.29) is 30.4 Å². The molecule has 6 heteroatoms. The quantitative estimate of drug-likeness (QED) is 0.381. The van der Waals surface area contributed by atoms with Gasteiger partial charge in [0.1, 0.15) is 5.75 Å². The number of rotatable bonds is 8. The van der Waals surface area contributed by atoms with Gasteiger partial charge in [-0.3, -0.25) is 9.59 Å². The molecule has 0 bridgehead atoms. The number of anilines is 1. The number of nitrogens with one attached hydrogen (secondary N) is 2. The van der Waals surface area contributed by atoms with Crippen molar-refractivity contribution in [3.05, 3.63) is 71.8 Å². The van der Waals surface area contributed by atoms with Crippen molar-refractivity contribution in [2.45, 2.75) is 26.2 Å². The molecule has 140 valence electrons. The number of hydrogen-bond acceptors (Lipinski definition) is 4. The summed E-state index contributed by atoms with van der Waals surface area (Å²) in [6, 6.07) is 12.7. The van der Waals surface area contributed by atoms with Crippen LogP contribution in [0.5, 0.6) is 5.75 Å². The molecule has 0 unspecified atom stereocenters. The Bertz CT molecular complexity index is 842. The van der Waals surface area contributed by atoms with Crippen LogP contribution in [0, 0.1) is 6.92 Å². The molecule has 2 amide bonds. The van der Waals surface area contributed by atoms with Gasteiger partial charge in [-0.2, -0.15) is 5.10 Å². The summed E-state index contributed by atoms with van der Waals surface area (Å²) in [4.78, 5) is 23.7. The van der Waals surface area contributed by atoms with Crippen LogP contribution in [-0.4, -0.2) is 23.1 Å². The third kappa shape index (κ3) is 6.43. The van der Waals surface area contributed by atoms with E-state index in [0.717, 1.165) is 11.1 Å². The Labute approximate surface area is 158 Å². The molecular formula is C21H23N3O3. The topological polar surface area (TPSA) is 90.8 Å². The van der Waals surface area contributed by atoms with E-state index in [2.05, 4.69) is 22.4 Å². The molecule has 0 aliphatic rings. The van der Waals surface area contributed by atoms with Gasteiger partial charge in [0.25, 0.3) is 0 Å². The van der Waals surface area contributed by atoms with Crippen LogP contribution >= 0.6 is 0 Å². The van der Waals surface area contributed by atoms with Crippen molar-refractivity contribution in [3.63, 3.8) is 0 Å². The predicted molar refractivity (Wildman–Crippen MR) is 107 cm³/mol. The van der Waals surface area contributed by atoms with Crippen molar-refractivity contribution in [2.24, 2.45) is 5.10 Å². The van der Waals surface area contributed by atoms with Crippen molar-refractivity contribution < 1.29 is 14.7 Å². The molecule has 0 atom stereocenters. The lowest BCUT2D eigenvalue weighted by Crippen LogP contribution is -2.20. The van der Waals surface area contributed by atoms with Gasteiger partial charge in [0, 0.05) is 24.1 Å². The number of hydrazone groups is 1. The molecule has 0 saturated heterocycles. The highest BCUT2D eigenvalue weighted by Crippen LogP contribution is 2.21. The van der Waals surface area contributed by atoms with E-state index in [1.54, 1.807) is 24.3 Å². The van der Waals surface area contributed by atoms with Crippen LogP contribution in [0.2, 0.25) is 0 Å². The summed E-state index contributed by atoms with van der Waals surface area (Å²) in [5.74, 6) is -0.521. The highest BCUT2D eigenvalue weighted by atomic mass is 16.3. The SMILES string of the molecule is C=CCc1cccc(/C=N\NC(=O)CCC(=O)Nc2ccc(C)cc2)c1O. The highest BCUT2D eigenvalue weighted by Gasteiger charge is 2.07. The number of phenolic OH excluding ortho intramolecular Hbond substituents is 1. The van der Waals surface area contributed by atoms with E-state index in [1.165, 1.54) is 6.21 Å². The Morgan fingerprint density at radius 3 is 2.52 bits per heavy atom. The van der Waals surface area contributed by atoms with E-state index in [0.29, 0.717) is 17.7 Å². The summed E-state index contributed by atoms with van der Waals surface area (Å²) in [5.41, 5.74) is 5.37. The molecular weight excluding hydrogens is 342 g/mol. The molecule has 0 aliphatic carbocycles. The van der Waals surface area contributed by atoms with Gasteiger partial charge in [-0.1, -0.05) is 35.9 Å². The third-order valence-electron chi connectivity index (χ3n) is 3.82. The Morgan fingerprint density at radius 1 is 1.11 bits per heavy atom. The molecule has 2 aromatic rings. The lowest BCUT2D eigenvalue weighted by molar-refractivity contribution is -0.124. The number of para-hydroxylation sites is 1. The Morgan fingerprint density at radius 2 is 1.81 bits per heavy atom. The Balaban J connectivity index is 1.79. The van der Waals surface area contributed by atoms with Crippen molar-refractivity contribution >= 4 is 23.7 Å². The van der Waals surface area contributed by atoms with Gasteiger partial charge in [-0.25, -0.2) is 5.43 Å². The van der Waals surface area contributed by atoms with Crippen molar-refractivity contribution in [1.29, 1.82) is 0 Å². The molecule has 27 heavy (non-hydrogen) atoms. The van der Waals surface area contributed by atoms with E-state index >= 15 is 0 Å². The van der Waals surface area contributed by atoms with Gasteiger partial charge in [-0.15, -0.1) is 6.58 Å². The largest absolute Gasteiger partial charge is 0.507 e. The van der Waals surface area contributed by atoms with Crippen molar-refractivity contribution in [1.82, 2.24) is 5.43 Å². The molecule has 3 N–H and O–H groups in total.